The third kappa shape index (κ3) is 4.93. The predicted octanol–water partition coefficient (Wildman–Crippen LogP) is 1.99. The fourth-order valence-corrected chi connectivity index (χ4v) is 4.25. The van der Waals surface area contributed by atoms with E-state index in [9.17, 15) is 13.2 Å². The lowest BCUT2D eigenvalue weighted by Crippen LogP contribution is -2.25. The van der Waals surface area contributed by atoms with Gasteiger partial charge in [0.1, 0.15) is 0 Å². The highest BCUT2D eigenvalue weighted by atomic mass is 32.2. The summed E-state index contributed by atoms with van der Waals surface area (Å²) in [6.07, 6.45) is 0.651. The highest BCUT2D eigenvalue weighted by Crippen LogP contribution is 2.24. The quantitative estimate of drug-likeness (QED) is 0.617. The smallest absolute Gasteiger partial charge is 0.305 e. The van der Waals surface area contributed by atoms with Crippen LogP contribution >= 0.6 is 11.3 Å². The molecule has 1 rings (SSSR count). The number of thiophene rings is 1. The number of aryl methyl sites for hydroxylation is 2. The van der Waals surface area contributed by atoms with Gasteiger partial charge < -0.3 is 4.74 Å². The molecule has 19 heavy (non-hydrogen) atoms. The Morgan fingerprint density at radius 3 is 2.63 bits per heavy atom. The monoisotopic (exact) mass is 305 g/mol. The zero-order valence-corrected chi connectivity index (χ0v) is 13.0. The Kier molecular flexibility index (Phi) is 5.96. The van der Waals surface area contributed by atoms with Gasteiger partial charge in [-0.25, -0.2) is 13.1 Å². The van der Waals surface area contributed by atoms with Crippen molar-refractivity contribution >= 4 is 27.3 Å². The standard InChI is InChI=1S/C12H19NO4S2/c1-4-17-12(14)6-5-7-13-19(15,16)11-8-9(2)18-10(11)3/h8,13H,4-7H2,1-3H3. The summed E-state index contributed by atoms with van der Waals surface area (Å²) in [5.74, 6) is -0.302. The van der Waals surface area contributed by atoms with Crippen molar-refractivity contribution in [1.82, 2.24) is 4.72 Å². The number of hydrogen-bond donors (Lipinski definition) is 1. The minimum atomic E-state index is -3.47. The first-order valence-corrected chi connectivity index (χ1v) is 8.39. The van der Waals surface area contributed by atoms with Crippen LogP contribution in [0.5, 0.6) is 0 Å². The Bertz CT molecular complexity index is 534. The summed E-state index contributed by atoms with van der Waals surface area (Å²) in [5, 5.41) is 0. The van der Waals surface area contributed by atoms with Crippen molar-refractivity contribution in [2.75, 3.05) is 13.2 Å². The Hall–Kier alpha value is -0.920. The number of sulfonamides is 1. The van der Waals surface area contributed by atoms with E-state index in [2.05, 4.69) is 4.72 Å². The van der Waals surface area contributed by atoms with Crippen LogP contribution in [0, 0.1) is 13.8 Å². The number of nitrogens with one attached hydrogen (secondary N) is 1. The molecular weight excluding hydrogens is 286 g/mol. The van der Waals surface area contributed by atoms with Gasteiger partial charge in [0.2, 0.25) is 10.0 Å². The molecule has 0 aliphatic rings. The molecule has 0 aliphatic heterocycles. The van der Waals surface area contributed by atoms with E-state index in [-0.39, 0.29) is 18.9 Å². The van der Waals surface area contributed by atoms with Crippen molar-refractivity contribution in [3.05, 3.63) is 15.8 Å². The molecule has 1 N–H and O–H groups in total. The summed E-state index contributed by atoms with van der Waals surface area (Å²) < 4.78 is 31.3. The Balaban J connectivity index is 2.48. The number of esters is 1. The first-order valence-electron chi connectivity index (χ1n) is 6.09. The molecule has 0 unspecified atom stereocenters. The minimum absolute atomic E-state index is 0.220. The van der Waals surface area contributed by atoms with Crippen LogP contribution in [0.4, 0.5) is 0 Å². The highest BCUT2D eigenvalue weighted by Gasteiger charge is 2.18. The SMILES string of the molecule is CCOC(=O)CCCNS(=O)(=O)c1cc(C)sc1C. The van der Waals surface area contributed by atoms with Crippen LogP contribution in [0.2, 0.25) is 0 Å². The summed E-state index contributed by atoms with van der Waals surface area (Å²) >= 11 is 1.45. The lowest BCUT2D eigenvalue weighted by Gasteiger charge is -2.06. The number of rotatable bonds is 7. The number of carbonyl (C=O) groups excluding carboxylic acids is 1. The molecule has 0 atom stereocenters. The average Bonchev–Trinajstić information content (AvgIpc) is 2.65. The topological polar surface area (TPSA) is 72.5 Å². The predicted molar refractivity (Wildman–Crippen MR) is 74.8 cm³/mol. The molecule has 0 bridgehead atoms. The fraction of sp³-hybridized carbons (Fsp3) is 0.583. The first kappa shape index (κ1) is 16.1. The molecule has 0 aromatic carbocycles. The van der Waals surface area contributed by atoms with E-state index in [0.29, 0.717) is 17.9 Å². The van der Waals surface area contributed by atoms with E-state index in [1.165, 1.54) is 11.3 Å². The largest absolute Gasteiger partial charge is 0.466 e. The van der Waals surface area contributed by atoms with Crippen molar-refractivity contribution in [3.8, 4) is 0 Å². The van der Waals surface area contributed by atoms with E-state index in [1.54, 1.807) is 19.9 Å². The molecular formula is C12H19NO4S2. The maximum atomic E-state index is 12.0. The molecule has 7 heteroatoms. The van der Waals surface area contributed by atoms with E-state index < -0.39 is 10.0 Å². The Morgan fingerprint density at radius 1 is 1.42 bits per heavy atom. The molecule has 0 radical (unpaired) electrons. The molecule has 0 fully saturated rings. The summed E-state index contributed by atoms with van der Waals surface area (Å²) in [5.41, 5.74) is 0. The van der Waals surface area contributed by atoms with Crippen LogP contribution in [0.25, 0.3) is 0 Å². The van der Waals surface area contributed by atoms with Gasteiger partial charge in [0, 0.05) is 22.7 Å². The zero-order chi connectivity index (χ0) is 14.5. The maximum absolute atomic E-state index is 12.0. The van der Waals surface area contributed by atoms with E-state index >= 15 is 0 Å². The maximum Gasteiger partial charge on any atom is 0.305 e. The van der Waals surface area contributed by atoms with Gasteiger partial charge in [-0.2, -0.15) is 0 Å². The normalized spacial score (nSPS) is 11.5. The van der Waals surface area contributed by atoms with Crippen LogP contribution in [-0.4, -0.2) is 27.5 Å². The lowest BCUT2D eigenvalue weighted by atomic mass is 10.3. The van der Waals surface area contributed by atoms with E-state index in [1.807, 2.05) is 6.92 Å². The van der Waals surface area contributed by atoms with Gasteiger partial charge >= 0.3 is 5.97 Å². The second-order valence-corrected chi connectivity index (χ2v) is 7.28. The number of ether oxygens (including phenoxy) is 1. The third-order valence-corrected chi connectivity index (χ3v) is 5.12. The minimum Gasteiger partial charge on any atom is -0.466 e. The molecule has 1 aromatic heterocycles. The average molecular weight is 305 g/mol. The summed E-state index contributed by atoms with van der Waals surface area (Å²) in [6, 6.07) is 1.66. The van der Waals surface area contributed by atoms with Crippen LogP contribution in [0.15, 0.2) is 11.0 Å². The summed E-state index contributed by atoms with van der Waals surface area (Å²) in [4.78, 5) is 13.2. The Morgan fingerprint density at radius 2 is 2.11 bits per heavy atom. The second kappa shape index (κ2) is 7.02. The van der Waals surface area contributed by atoms with Crippen molar-refractivity contribution in [3.63, 3.8) is 0 Å². The molecule has 0 spiro atoms. The van der Waals surface area contributed by atoms with Gasteiger partial charge in [-0.3, -0.25) is 4.79 Å². The van der Waals surface area contributed by atoms with Gasteiger partial charge in [-0.15, -0.1) is 11.3 Å². The number of hydrogen-bond acceptors (Lipinski definition) is 5. The van der Waals surface area contributed by atoms with Crippen LogP contribution < -0.4 is 4.72 Å². The molecule has 1 heterocycles. The van der Waals surface area contributed by atoms with Crippen LogP contribution in [0.3, 0.4) is 0 Å². The first-order chi connectivity index (χ1) is 8.86. The van der Waals surface area contributed by atoms with E-state index in [4.69, 9.17) is 4.74 Å². The molecule has 0 aliphatic carbocycles. The summed E-state index contributed by atoms with van der Waals surface area (Å²) in [7, 11) is -3.47. The molecule has 108 valence electrons. The van der Waals surface area contributed by atoms with Gasteiger partial charge in [0.05, 0.1) is 11.5 Å². The molecule has 5 nitrogen and oxygen atoms in total. The van der Waals surface area contributed by atoms with Crippen molar-refractivity contribution < 1.29 is 17.9 Å². The van der Waals surface area contributed by atoms with Crippen molar-refractivity contribution in [2.24, 2.45) is 0 Å². The molecule has 0 amide bonds. The Labute approximate surface area is 118 Å². The number of carbonyl (C=O) groups is 1. The molecule has 0 saturated heterocycles. The summed E-state index contributed by atoms with van der Waals surface area (Å²) in [6.45, 7) is 5.97. The zero-order valence-electron chi connectivity index (χ0n) is 11.4. The fourth-order valence-electron chi connectivity index (χ4n) is 1.62. The van der Waals surface area contributed by atoms with Gasteiger partial charge in [-0.05, 0) is 33.3 Å². The molecule has 0 saturated carbocycles. The van der Waals surface area contributed by atoms with Crippen molar-refractivity contribution in [2.45, 2.75) is 38.5 Å². The molecule has 1 aromatic rings. The second-order valence-electron chi connectivity index (χ2n) is 4.08. The van der Waals surface area contributed by atoms with Gasteiger partial charge in [-0.1, -0.05) is 0 Å². The highest BCUT2D eigenvalue weighted by molar-refractivity contribution is 7.89. The third-order valence-electron chi connectivity index (χ3n) is 2.44. The van der Waals surface area contributed by atoms with Gasteiger partial charge in [0.15, 0.2) is 0 Å². The van der Waals surface area contributed by atoms with Crippen LogP contribution in [-0.2, 0) is 19.6 Å². The van der Waals surface area contributed by atoms with Crippen molar-refractivity contribution in [1.29, 1.82) is 0 Å². The van der Waals surface area contributed by atoms with Gasteiger partial charge in [0.25, 0.3) is 0 Å². The van der Waals surface area contributed by atoms with Crippen LogP contribution in [0.1, 0.15) is 29.5 Å². The van der Waals surface area contributed by atoms with E-state index in [0.717, 1.165) is 9.75 Å². The lowest BCUT2D eigenvalue weighted by molar-refractivity contribution is -0.143.